The fourth-order valence-electron chi connectivity index (χ4n) is 1.80. The van der Waals surface area contributed by atoms with Crippen LogP contribution in [-0.2, 0) is 6.42 Å². The maximum atomic E-state index is 13.8. The summed E-state index contributed by atoms with van der Waals surface area (Å²) in [7, 11) is 0. The molecule has 0 aliphatic heterocycles. The molecule has 0 radical (unpaired) electrons. The lowest BCUT2D eigenvalue weighted by Crippen LogP contribution is -2.07. The monoisotopic (exact) mass is 309 g/mol. The number of rotatable bonds is 5. The maximum Gasteiger partial charge on any atom is 0.140 e. The average Bonchev–Trinajstić information content (AvgIpc) is 2.46. The fourth-order valence-corrected chi connectivity index (χ4v) is 2.70. The first kappa shape index (κ1) is 15.7. The number of anilines is 1. The number of hydrogen-bond acceptors (Lipinski definition) is 4. The summed E-state index contributed by atoms with van der Waals surface area (Å²) in [5.41, 5.74) is 0.864. The summed E-state index contributed by atoms with van der Waals surface area (Å²) in [4.78, 5) is 9.22. The second-order valence-electron chi connectivity index (χ2n) is 4.48. The molecule has 2 aromatic rings. The van der Waals surface area contributed by atoms with Gasteiger partial charge >= 0.3 is 0 Å². The molecule has 0 saturated carbocycles. The van der Waals surface area contributed by atoms with Gasteiger partial charge in [0, 0.05) is 29.5 Å². The lowest BCUT2D eigenvalue weighted by molar-refractivity contribution is 0.565. The Morgan fingerprint density at radius 1 is 1.19 bits per heavy atom. The molecule has 0 unspecified atom stereocenters. The second-order valence-corrected chi connectivity index (χ2v) is 5.51. The first-order chi connectivity index (χ1) is 10.0. The highest BCUT2D eigenvalue weighted by Gasteiger charge is 2.13. The fraction of sp³-hybridized carbons (Fsp3) is 0.333. The number of nitrogens with zero attached hydrogens (tertiary/aromatic N) is 2. The number of aryl methyl sites for hydroxylation is 1. The predicted octanol–water partition coefficient (Wildman–Crippen LogP) is 4.21. The van der Waals surface area contributed by atoms with Crippen LogP contribution in [0.3, 0.4) is 0 Å². The highest BCUT2D eigenvalue weighted by atomic mass is 32.2. The zero-order valence-electron chi connectivity index (χ0n) is 12.2. The largest absolute Gasteiger partial charge is 0.370 e. The Kier molecular flexibility index (Phi) is 5.12. The van der Waals surface area contributed by atoms with Gasteiger partial charge in [-0.15, -0.1) is 0 Å². The third kappa shape index (κ3) is 3.69. The van der Waals surface area contributed by atoms with Crippen molar-refractivity contribution < 1.29 is 8.78 Å². The van der Waals surface area contributed by atoms with Gasteiger partial charge in [0.1, 0.15) is 28.3 Å². The molecule has 0 saturated heterocycles. The molecule has 0 amide bonds. The van der Waals surface area contributed by atoms with Gasteiger partial charge in [0.05, 0.1) is 0 Å². The number of benzene rings is 1. The van der Waals surface area contributed by atoms with E-state index in [1.54, 1.807) is 0 Å². The molecule has 3 nitrogen and oxygen atoms in total. The van der Waals surface area contributed by atoms with E-state index < -0.39 is 11.6 Å². The quantitative estimate of drug-likeness (QED) is 0.840. The van der Waals surface area contributed by atoms with E-state index in [1.165, 1.54) is 23.9 Å². The van der Waals surface area contributed by atoms with Crippen LogP contribution in [0.2, 0.25) is 0 Å². The zero-order chi connectivity index (χ0) is 15.4. The van der Waals surface area contributed by atoms with Crippen LogP contribution in [0.5, 0.6) is 0 Å². The highest BCUT2D eigenvalue weighted by molar-refractivity contribution is 7.99. The summed E-state index contributed by atoms with van der Waals surface area (Å²) in [5, 5.41) is 3.87. The molecule has 0 aliphatic carbocycles. The van der Waals surface area contributed by atoms with Gasteiger partial charge in [0.25, 0.3) is 0 Å². The maximum absolute atomic E-state index is 13.8. The number of aromatic nitrogens is 2. The van der Waals surface area contributed by atoms with Crippen LogP contribution in [0.1, 0.15) is 25.2 Å². The van der Waals surface area contributed by atoms with E-state index in [1.807, 2.05) is 20.8 Å². The van der Waals surface area contributed by atoms with Gasteiger partial charge in [-0.3, -0.25) is 0 Å². The van der Waals surface area contributed by atoms with Crippen molar-refractivity contribution in [2.24, 2.45) is 0 Å². The minimum Gasteiger partial charge on any atom is -0.370 e. The Morgan fingerprint density at radius 3 is 2.57 bits per heavy atom. The summed E-state index contributed by atoms with van der Waals surface area (Å²) in [5.74, 6) is 0.288. The molecule has 0 bridgehead atoms. The minimum atomic E-state index is -0.584. The molecule has 2 rings (SSSR count). The Morgan fingerprint density at radius 2 is 1.95 bits per heavy atom. The molecular formula is C15H17F2N3S. The van der Waals surface area contributed by atoms with Gasteiger partial charge in [-0.05, 0) is 26.0 Å². The van der Waals surface area contributed by atoms with E-state index in [-0.39, 0.29) is 0 Å². The lowest BCUT2D eigenvalue weighted by Gasteiger charge is -2.12. The van der Waals surface area contributed by atoms with Gasteiger partial charge in [0.2, 0.25) is 0 Å². The smallest absolute Gasteiger partial charge is 0.140 e. The Hall–Kier alpha value is -1.69. The van der Waals surface area contributed by atoms with Crippen molar-refractivity contribution >= 4 is 17.6 Å². The molecule has 0 fully saturated rings. The summed E-state index contributed by atoms with van der Waals surface area (Å²) in [6.45, 7) is 6.59. The first-order valence-electron chi connectivity index (χ1n) is 6.79. The molecule has 1 aromatic carbocycles. The zero-order valence-corrected chi connectivity index (χ0v) is 13.0. The van der Waals surface area contributed by atoms with Crippen molar-refractivity contribution in [3.63, 3.8) is 0 Å². The standard InChI is InChI=1S/C15H17F2N3S/c1-4-13-19-14(18-5-2)9(3)15(20-13)21-12-7-6-10(16)8-11(12)17/h6-8H,4-5H2,1-3H3,(H,18,19,20). The summed E-state index contributed by atoms with van der Waals surface area (Å²) in [6, 6.07) is 3.55. The van der Waals surface area contributed by atoms with E-state index in [0.29, 0.717) is 22.2 Å². The Balaban J connectivity index is 2.40. The van der Waals surface area contributed by atoms with Crippen LogP contribution in [0, 0.1) is 18.6 Å². The van der Waals surface area contributed by atoms with Gasteiger partial charge in [-0.25, -0.2) is 18.7 Å². The van der Waals surface area contributed by atoms with Gasteiger partial charge in [-0.1, -0.05) is 18.7 Å². The van der Waals surface area contributed by atoms with Crippen LogP contribution < -0.4 is 5.32 Å². The van der Waals surface area contributed by atoms with Crippen LogP contribution in [0.15, 0.2) is 28.1 Å². The third-order valence-electron chi connectivity index (χ3n) is 2.91. The third-order valence-corrected chi connectivity index (χ3v) is 4.05. The van der Waals surface area contributed by atoms with E-state index in [2.05, 4.69) is 15.3 Å². The first-order valence-corrected chi connectivity index (χ1v) is 7.61. The molecule has 112 valence electrons. The van der Waals surface area contributed by atoms with E-state index in [4.69, 9.17) is 0 Å². The van der Waals surface area contributed by atoms with Crippen molar-refractivity contribution in [2.45, 2.75) is 37.1 Å². The van der Waals surface area contributed by atoms with Crippen molar-refractivity contribution in [3.05, 3.63) is 41.2 Å². The van der Waals surface area contributed by atoms with Crippen molar-refractivity contribution in [1.29, 1.82) is 0 Å². The van der Waals surface area contributed by atoms with Crippen LogP contribution in [-0.4, -0.2) is 16.5 Å². The molecule has 6 heteroatoms. The molecule has 1 aromatic heterocycles. The normalized spacial score (nSPS) is 10.7. The average molecular weight is 309 g/mol. The Labute approximate surface area is 127 Å². The molecule has 1 heterocycles. The lowest BCUT2D eigenvalue weighted by atomic mass is 10.3. The van der Waals surface area contributed by atoms with Crippen molar-refractivity contribution in [2.75, 3.05) is 11.9 Å². The molecule has 0 aliphatic rings. The summed E-state index contributed by atoms with van der Waals surface area (Å²) in [6.07, 6.45) is 0.693. The minimum absolute atomic E-state index is 0.350. The molecule has 0 spiro atoms. The SMILES string of the molecule is CCNc1nc(CC)nc(Sc2ccc(F)cc2F)c1C. The van der Waals surface area contributed by atoms with E-state index in [0.717, 1.165) is 24.0 Å². The molecule has 0 atom stereocenters. The van der Waals surface area contributed by atoms with Gasteiger partial charge < -0.3 is 5.32 Å². The van der Waals surface area contributed by atoms with E-state index >= 15 is 0 Å². The van der Waals surface area contributed by atoms with Crippen molar-refractivity contribution in [1.82, 2.24) is 9.97 Å². The predicted molar refractivity (Wildman–Crippen MR) is 80.8 cm³/mol. The molecule has 1 N–H and O–H groups in total. The topological polar surface area (TPSA) is 37.8 Å². The Bertz CT molecular complexity index is 647. The second kappa shape index (κ2) is 6.85. The van der Waals surface area contributed by atoms with Gasteiger partial charge in [0.15, 0.2) is 0 Å². The number of hydrogen-bond donors (Lipinski definition) is 1. The van der Waals surface area contributed by atoms with Crippen molar-refractivity contribution in [3.8, 4) is 0 Å². The highest BCUT2D eigenvalue weighted by Crippen LogP contribution is 2.33. The van der Waals surface area contributed by atoms with Crippen LogP contribution in [0.25, 0.3) is 0 Å². The molecule has 21 heavy (non-hydrogen) atoms. The number of nitrogens with one attached hydrogen (secondary N) is 1. The van der Waals surface area contributed by atoms with Crippen LogP contribution >= 0.6 is 11.8 Å². The molecular weight excluding hydrogens is 292 g/mol. The number of halogens is 2. The van der Waals surface area contributed by atoms with Gasteiger partial charge in [-0.2, -0.15) is 0 Å². The van der Waals surface area contributed by atoms with Crippen LogP contribution in [0.4, 0.5) is 14.6 Å². The summed E-state index contributed by atoms with van der Waals surface area (Å²) < 4.78 is 26.7. The summed E-state index contributed by atoms with van der Waals surface area (Å²) >= 11 is 1.19. The van der Waals surface area contributed by atoms with E-state index in [9.17, 15) is 8.78 Å².